The molecule has 0 spiro atoms. The lowest BCUT2D eigenvalue weighted by Crippen LogP contribution is -2.30. The minimum atomic E-state index is -0.769. The molecular formula is C34H29FNP. The Morgan fingerprint density at radius 1 is 0.649 bits per heavy atom. The van der Waals surface area contributed by atoms with E-state index in [1.165, 1.54) is 38.3 Å². The Morgan fingerprint density at radius 2 is 1.24 bits per heavy atom. The van der Waals surface area contributed by atoms with Crippen molar-refractivity contribution in [3.63, 3.8) is 0 Å². The number of anilines is 1. The first-order valence-corrected chi connectivity index (χ1v) is 14.1. The lowest BCUT2D eigenvalue weighted by atomic mass is 9.80. The molecule has 1 nitrogen and oxygen atoms in total. The predicted molar refractivity (Wildman–Crippen MR) is 156 cm³/mol. The molecule has 1 heterocycles. The predicted octanol–water partition coefficient (Wildman–Crippen LogP) is 7.58. The number of hydrogen-bond donors (Lipinski definition) is 1. The third-order valence-corrected chi connectivity index (χ3v) is 9.75. The van der Waals surface area contributed by atoms with E-state index in [2.05, 4.69) is 115 Å². The van der Waals surface area contributed by atoms with Gasteiger partial charge in [0.15, 0.2) is 0 Å². The van der Waals surface area contributed by atoms with Crippen molar-refractivity contribution in [3.05, 3.63) is 155 Å². The average Bonchev–Trinajstić information content (AvgIpc) is 2.95. The van der Waals surface area contributed by atoms with Crippen molar-refractivity contribution in [2.24, 2.45) is 0 Å². The summed E-state index contributed by atoms with van der Waals surface area (Å²) in [6, 6.07) is 44.5. The van der Waals surface area contributed by atoms with Crippen LogP contribution in [-0.2, 0) is 0 Å². The van der Waals surface area contributed by atoms with E-state index in [1.54, 1.807) is 12.1 Å². The number of rotatable bonds is 5. The quantitative estimate of drug-likeness (QED) is 0.245. The van der Waals surface area contributed by atoms with Crippen LogP contribution in [0.1, 0.15) is 40.6 Å². The van der Waals surface area contributed by atoms with Gasteiger partial charge in [0.25, 0.3) is 0 Å². The molecule has 0 unspecified atom stereocenters. The number of benzene rings is 5. The summed E-state index contributed by atoms with van der Waals surface area (Å²) in [7, 11) is -0.769. The Labute approximate surface area is 219 Å². The van der Waals surface area contributed by atoms with Crippen molar-refractivity contribution in [1.29, 1.82) is 0 Å². The molecule has 6 rings (SSSR count). The van der Waals surface area contributed by atoms with Crippen LogP contribution in [0.2, 0.25) is 0 Å². The Bertz CT molecular complexity index is 1440. The monoisotopic (exact) mass is 501 g/mol. The SMILES string of the molecule is Cc1ccc([C@H]2C[C@@H](c3ccc(F)cc3)Nc3c2cccc3P(c2ccccc2)c2ccccc2)cc1. The molecule has 0 aliphatic carbocycles. The smallest absolute Gasteiger partial charge is 0.123 e. The zero-order valence-electron chi connectivity index (χ0n) is 20.8. The van der Waals surface area contributed by atoms with Gasteiger partial charge in [-0.25, -0.2) is 4.39 Å². The molecule has 1 aliphatic heterocycles. The fourth-order valence-electron chi connectivity index (χ4n) is 5.40. The second-order valence-corrected chi connectivity index (χ2v) is 11.9. The second kappa shape index (κ2) is 10.3. The molecular weight excluding hydrogens is 472 g/mol. The van der Waals surface area contributed by atoms with Gasteiger partial charge in [-0.3, -0.25) is 0 Å². The Balaban J connectivity index is 1.54. The van der Waals surface area contributed by atoms with Crippen LogP contribution in [0.5, 0.6) is 0 Å². The van der Waals surface area contributed by atoms with E-state index >= 15 is 0 Å². The van der Waals surface area contributed by atoms with Gasteiger partial charge in [-0.05, 0) is 60.7 Å². The lowest BCUT2D eigenvalue weighted by molar-refractivity contribution is 0.598. The standard InChI is InChI=1S/C34H29FNP/c1-24-15-17-25(18-16-24)31-23-32(26-19-21-27(35)22-20-26)36-34-30(31)13-8-14-33(34)37(28-9-4-2-5-10-28)29-11-6-3-7-12-29/h2-22,31-32,36H,23H2,1H3/t31-,32+/m1/s1. The summed E-state index contributed by atoms with van der Waals surface area (Å²) in [5.41, 5.74) is 6.24. The average molecular weight is 502 g/mol. The van der Waals surface area contributed by atoms with Crippen LogP contribution in [0.3, 0.4) is 0 Å². The Hall–Kier alpha value is -3.74. The van der Waals surface area contributed by atoms with Crippen LogP contribution in [0, 0.1) is 12.7 Å². The van der Waals surface area contributed by atoms with E-state index < -0.39 is 7.92 Å². The van der Waals surface area contributed by atoms with Gasteiger partial charge in [-0.2, -0.15) is 0 Å². The topological polar surface area (TPSA) is 12.0 Å². The fourth-order valence-corrected chi connectivity index (χ4v) is 7.85. The maximum Gasteiger partial charge on any atom is 0.123 e. The number of halogens is 1. The number of aryl methyl sites for hydroxylation is 1. The van der Waals surface area contributed by atoms with Crippen LogP contribution in [-0.4, -0.2) is 0 Å². The molecule has 1 N–H and O–H groups in total. The zero-order chi connectivity index (χ0) is 25.2. The van der Waals surface area contributed by atoms with Crippen molar-refractivity contribution in [2.45, 2.75) is 25.3 Å². The van der Waals surface area contributed by atoms with Gasteiger partial charge in [0.2, 0.25) is 0 Å². The molecule has 0 saturated carbocycles. The molecule has 5 aromatic carbocycles. The van der Waals surface area contributed by atoms with Crippen LogP contribution >= 0.6 is 7.92 Å². The highest BCUT2D eigenvalue weighted by Crippen LogP contribution is 2.46. The van der Waals surface area contributed by atoms with Crippen molar-refractivity contribution in [1.82, 2.24) is 0 Å². The number of nitrogens with one attached hydrogen (secondary N) is 1. The van der Waals surface area contributed by atoms with Crippen molar-refractivity contribution >= 4 is 29.5 Å². The maximum absolute atomic E-state index is 13.8. The van der Waals surface area contributed by atoms with Crippen LogP contribution in [0.15, 0.2) is 127 Å². The van der Waals surface area contributed by atoms with E-state index in [0.29, 0.717) is 0 Å². The molecule has 0 fully saturated rings. The molecule has 37 heavy (non-hydrogen) atoms. The molecule has 2 atom stereocenters. The summed E-state index contributed by atoms with van der Waals surface area (Å²) >= 11 is 0. The highest BCUT2D eigenvalue weighted by atomic mass is 31.1. The molecule has 5 aromatic rings. The Kier molecular flexibility index (Phi) is 6.60. The summed E-state index contributed by atoms with van der Waals surface area (Å²) in [5, 5.41) is 7.91. The van der Waals surface area contributed by atoms with E-state index in [9.17, 15) is 4.39 Å². The van der Waals surface area contributed by atoms with Crippen LogP contribution in [0.4, 0.5) is 10.1 Å². The van der Waals surface area contributed by atoms with Crippen LogP contribution < -0.4 is 21.2 Å². The third-order valence-electron chi connectivity index (χ3n) is 7.26. The minimum absolute atomic E-state index is 0.0870. The minimum Gasteiger partial charge on any atom is -0.377 e. The summed E-state index contributed by atoms with van der Waals surface area (Å²) in [6.07, 6.45) is 0.916. The first-order valence-electron chi connectivity index (χ1n) is 12.8. The highest BCUT2D eigenvalue weighted by Gasteiger charge is 2.32. The van der Waals surface area contributed by atoms with Gasteiger partial charge in [-0.15, -0.1) is 0 Å². The van der Waals surface area contributed by atoms with Crippen molar-refractivity contribution < 1.29 is 4.39 Å². The first-order chi connectivity index (χ1) is 18.2. The van der Waals surface area contributed by atoms with E-state index in [-0.39, 0.29) is 17.8 Å². The van der Waals surface area contributed by atoms with Crippen molar-refractivity contribution in [2.75, 3.05) is 5.32 Å². The lowest BCUT2D eigenvalue weighted by Gasteiger charge is -2.37. The van der Waals surface area contributed by atoms with Gasteiger partial charge >= 0.3 is 0 Å². The molecule has 182 valence electrons. The summed E-state index contributed by atoms with van der Waals surface area (Å²) < 4.78 is 13.8. The summed E-state index contributed by atoms with van der Waals surface area (Å²) in [6.45, 7) is 2.13. The molecule has 1 aliphatic rings. The van der Waals surface area contributed by atoms with Gasteiger partial charge in [0.1, 0.15) is 5.82 Å². The van der Waals surface area contributed by atoms with Crippen molar-refractivity contribution in [3.8, 4) is 0 Å². The normalized spacial score (nSPS) is 16.7. The largest absolute Gasteiger partial charge is 0.377 e. The number of hydrogen-bond acceptors (Lipinski definition) is 1. The molecule has 0 aromatic heterocycles. The molecule has 0 bridgehead atoms. The molecule has 0 radical (unpaired) electrons. The molecule has 0 saturated heterocycles. The van der Waals surface area contributed by atoms with E-state index in [4.69, 9.17) is 0 Å². The number of para-hydroxylation sites is 1. The maximum atomic E-state index is 13.8. The second-order valence-electron chi connectivity index (χ2n) is 9.70. The number of fused-ring (bicyclic) bond motifs is 1. The zero-order valence-corrected chi connectivity index (χ0v) is 21.7. The summed E-state index contributed by atoms with van der Waals surface area (Å²) in [4.78, 5) is 0. The van der Waals surface area contributed by atoms with Gasteiger partial charge in [-0.1, -0.05) is 121 Å². The molecule has 3 heteroatoms. The van der Waals surface area contributed by atoms with Crippen LogP contribution in [0.25, 0.3) is 0 Å². The van der Waals surface area contributed by atoms with Gasteiger partial charge in [0, 0.05) is 16.9 Å². The third kappa shape index (κ3) is 4.82. The summed E-state index contributed by atoms with van der Waals surface area (Å²) in [5.74, 6) is 0.0441. The highest BCUT2D eigenvalue weighted by molar-refractivity contribution is 7.80. The Morgan fingerprint density at radius 3 is 1.86 bits per heavy atom. The first kappa shape index (κ1) is 23.6. The van der Waals surface area contributed by atoms with Gasteiger partial charge < -0.3 is 5.32 Å². The van der Waals surface area contributed by atoms with Gasteiger partial charge in [0.05, 0.1) is 6.04 Å². The van der Waals surface area contributed by atoms with E-state index in [0.717, 1.165) is 12.0 Å². The fraction of sp³-hybridized carbons (Fsp3) is 0.118. The molecule has 0 amide bonds. The van der Waals surface area contributed by atoms with E-state index in [1.807, 2.05) is 12.1 Å².